The molecule has 3 rings (SSSR count). The van der Waals surface area contributed by atoms with Crippen LogP contribution in [0.15, 0.2) is 71.8 Å². The number of benzene rings is 3. The number of nitrogens with zero attached hydrogens (tertiary/aromatic N) is 1. The lowest BCUT2D eigenvalue weighted by Gasteiger charge is -2.12. The maximum Gasteiger partial charge on any atom is 0.345 e. The Morgan fingerprint density at radius 1 is 0.811 bits per heavy atom. The Morgan fingerprint density at radius 2 is 1.46 bits per heavy atom. The maximum absolute atomic E-state index is 12.5. The third-order valence-electron chi connectivity index (χ3n) is 4.87. The molecule has 11 heteroatoms. The lowest BCUT2D eigenvalue weighted by molar-refractivity contribution is -0.136. The summed E-state index contributed by atoms with van der Waals surface area (Å²) < 4.78 is 10.7. The van der Waals surface area contributed by atoms with E-state index >= 15 is 0 Å². The molecule has 0 bridgehead atoms. The van der Waals surface area contributed by atoms with Crippen LogP contribution in [0.2, 0.25) is 5.02 Å². The van der Waals surface area contributed by atoms with Gasteiger partial charge in [-0.2, -0.15) is 5.10 Å². The van der Waals surface area contributed by atoms with Gasteiger partial charge in [0.2, 0.25) is 5.91 Å². The average molecular weight is 523 g/mol. The molecule has 3 amide bonds. The molecule has 0 aromatic heterocycles. The molecule has 3 aromatic rings. The van der Waals surface area contributed by atoms with Crippen LogP contribution in [0, 0.1) is 0 Å². The van der Waals surface area contributed by atoms with Crippen LogP contribution in [0.5, 0.6) is 11.5 Å². The normalized spacial score (nSPS) is 10.8. The molecular formula is C26H23ClN4O6. The van der Waals surface area contributed by atoms with Crippen LogP contribution in [0.4, 0.5) is 11.4 Å². The van der Waals surface area contributed by atoms with Crippen LogP contribution in [-0.2, 0) is 14.4 Å². The highest BCUT2D eigenvalue weighted by Gasteiger charge is 2.17. The monoisotopic (exact) mass is 522 g/mol. The molecule has 0 aliphatic heterocycles. The molecule has 0 aliphatic carbocycles. The van der Waals surface area contributed by atoms with Crippen molar-refractivity contribution >= 4 is 52.4 Å². The molecule has 3 aromatic carbocycles. The van der Waals surface area contributed by atoms with Gasteiger partial charge in [-0.1, -0.05) is 23.7 Å². The molecule has 37 heavy (non-hydrogen) atoms. The fourth-order valence-electron chi connectivity index (χ4n) is 3.04. The van der Waals surface area contributed by atoms with E-state index in [-0.39, 0.29) is 28.0 Å². The lowest BCUT2D eigenvalue weighted by atomic mass is 10.1. The van der Waals surface area contributed by atoms with Gasteiger partial charge in [0, 0.05) is 23.9 Å². The summed E-state index contributed by atoms with van der Waals surface area (Å²) in [5.74, 6) is -2.37. The van der Waals surface area contributed by atoms with Crippen molar-refractivity contribution in [3.8, 4) is 11.5 Å². The lowest BCUT2D eigenvalue weighted by Crippen LogP contribution is -2.32. The van der Waals surface area contributed by atoms with E-state index in [9.17, 15) is 19.2 Å². The van der Waals surface area contributed by atoms with E-state index in [1.165, 1.54) is 32.2 Å². The Labute approximate surface area is 217 Å². The number of rotatable bonds is 7. The number of amides is 3. The van der Waals surface area contributed by atoms with Crippen LogP contribution >= 0.6 is 11.6 Å². The van der Waals surface area contributed by atoms with E-state index in [4.69, 9.17) is 21.1 Å². The molecule has 0 heterocycles. The number of hydrazone groups is 1. The van der Waals surface area contributed by atoms with Gasteiger partial charge in [0.25, 0.3) is 0 Å². The maximum atomic E-state index is 12.5. The highest BCUT2D eigenvalue weighted by atomic mass is 35.5. The van der Waals surface area contributed by atoms with Crippen LogP contribution in [0.3, 0.4) is 0 Å². The Hall–Kier alpha value is -4.70. The zero-order valence-electron chi connectivity index (χ0n) is 20.1. The molecule has 0 spiro atoms. The van der Waals surface area contributed by atoms with E-state index in [0.29, 0.717) is 22.6 Å². The molecule has 0 saturated carbocycles. The van der Waals surface area contributed by atoms with Crippen molar-refractivity contribution in [2.24, 2.45) is 5.10 Å². The Morgan fingerprint density at radius 3 is 2.08 bits per heavy atom. The standard InChI is InChI=1S/C26H23ClN4O6/c1-15(30-31-25(34)24(33)29-19-11-9-18(10-12-19)28-16(2)32)17-8-13-22(23(14-17)36-3)37-26(35)20-6-4-5-7-21(20)27/h4-14H,1-3H3,(H,28,32)(H,29,33)(H,31,34)/b30-15+. The molecule has 0 radical (unpaired) electrons. The van der Waals surface area contributed by atoms with Crippen molar-refractivity contribution in [3.05, 3.63) is 82.9 Å². The SMILES string of the molecule is COc1cc(/C(C)=N/NC(=O)C(=O)Nc2ccc(NC(C)=O)cc2)ccc1OC(=O)c1ccccc1Cl. The minimum Gasteiger partial charge on any atom is -0.493 e. The van der Waals surface area contributed by atoms with E-state index in [1.54, 1.807) is 55.5 Å². The Kier molecular flexibility index (Phi) is 8.95. The predicted molar refractivity (Wildman–Crippen MR) is 139 cm³/mol. The highest BCUT2D eigenvalue weighted by Crippen LogP contribution is 2.30. The van der Waals surface area contributed by atoms with Gasteiger partial charge < -0.3 is 20.1 Å². The minimum atomic E-state index is -0.984. The van der Waals surface area contributed by atoms with Crippen LogP contribution in [0.1, 0.15) is 29.8 Å². The summed E-state index contributed by atoms with van der Waals surface area (Å²) in [6.45, 7) is 2.99. The van der Waals surface area contributed by atoms with Crippen LogP contribution < -0.4 is 25.5 Å². The second-order valence-corrected chi connectivity index (χ2v) is 7.99. The summed E-state index contributed by atoms with van der Waals surface area (Å²) in [6.07, 6.45) is 0. The predicted octanol–water partition coefficient (Wildman–Crippen LogP) is 4.01. The summed E-state index contributed by atoms with van der Waals surface area (Å²) in [5.41, 5.74) is 4.22. The first-order valence-electron chi connectivity index (χ1n) is 10.9. The number of carbonyl (C=O) groups is 4. The number of hydrogen-bond acceptors (Lipinski definition) is 7. The smallest absolute Gasteiger partial charge is 0.345 e. The number of ether oxygens (including phenoxy) is 2. The van der Waals surface area contributed by atoms with Gasteiger partial charge in [-0.15, -0.1) is 0 Å². The van der Waals surface area contributed by atoms with E-state index in [0.717, 1.165) is 0 Å². The highest BCUT2D eigenvalue weighted by molar-refractivity contribution is 6.39. The van der Waals surface area contributed by atoms with Crippen molar-refractivity contribution in [1.29, 1.82) is 0 Å². The van der Waals surface area contributed by atoms with Crippen molar-refractivity contribution < 1.29 is 28.7 Å². The van der Waals surface area contributed by atoms with Crippen molar-refractivity contribution in [2.75, 3.05) is 17.7 Å². The zero-order chi connectivity index (χ0) is 26.9. The first-order valence-corrected chi connectivity index (χ1v) is 11.2. The molecule has 0 unspecified atom stereocenters. The first-order chi connectivity index (χ1) is 17.7. The number of esters is 1. The quantitative estimate of drug-likeness (QED) is 0.141. The number of carbonyl (C=O) groups excluding carboxylic acids is 4. The Balaban J connectivity index is 1.63. The second-order valence-electron chi connectivity index (χ2n) is 7.59. The molecular weight excluding hydrogens is 500 g/mol. The molecule has 190 valence electrons. The topological polar surface area (TPSA) is 135 Å². The number of anilines is 2. The summed E-state index contributed by atoms with van der Waals surface area (Å²) in [6, 6.07) is 17.4. The van der Waals surface area contributed by atoms with E-state index in [1.807, 2.05) is 0 Å². The van der Waals surface area contributed by atoms with Crippen LogP contribution in [-0.4, -0.2) is 36.5 Å². The molecule has 0 aliphatic rings. The first kappa shape index (κ1) is 26.9. The van der Waals surface area contributed by atoms with E-state index in [2.05, 4.69) is 21.2 Å². The third kappa shape index (κ3) is 7.39. The number of methoxy groups -OCH3 is 1. The largest absolute Gasteiger partial charge is 0.493 e. The summed E-state index contributed by atoms with van der Waals surface area (Å²) in [5, 5.41) is 9.25. The van der Waals surface area contributed by atoms with Crippen LogP contribution in [0.25, 0.3) is 0 Å². The van der Waals surface area contributed by atoms with E-state index < -0.39 is 17.8 Å². The second kappa shape index (κ2) is 12.3. The van der Waals surface area contributed by atoms with Gasteiger partial charge in [0.1, 0.15) is 0 Å². The average Bonchev–Trinajstić information content (AvgIpc) is 2.88. The van der Waals surface area contributed by atoms with Gasteiger partial charge in [-0.05, 0) is 61.5 Å². The molecule has 3 N–H and O–H groups in total. The van der Waals surface area contributed by atoms with Gasteiger partial charge in [0.05, 0.1) is 23.4 Å². The fourth-order valence-corrected chi connectivity index (χ4v) is 3.25. The van der Waals surface area contributed by atoms with Gasteiger partial charge in [-0.25, -0.2) is 10.2 Å². The fraction of sp³-hybridized carbons (Fsp3) is 0.115. The number of hydrogen-bond donors (Lipinski definition) is 3. The molecule has 10 nitrogen and oxygen atoms in total. The molecule has 0 fully saturated rings. The van der Waals surface area contributed by atoms with Crippen molar-refractivity contribution in [2.45, 2.75) is 13.8 Å². The molecule has 0 saturated heterocycles. The minimum absolute atomic E-state index is 0.164. The summed E-state index contributed by atoms with van der Waals surface area (Å²) in [4.78, 5) is 47.9. The number of nitrogens with one attached hydrogen (secondary N) is 3. The van der Waals surface area contributed by atoms with Gasteiger partial charge >= 0.3 is 17.8 Å². The molecule has 0 atom stereocenters. The summed E-state index contributed by atoms with van der Waals surface area (Å²) >= 11 is 6.05. The van der Waals surface area contributed by atoms with Gasteiger partial charge in [0.15, 0.2) is 11.5 Å². The van der Waals surface area contributed by atoms with Crippen molar-refractivity contribution in [1.82, 2.24) is 5.43 Å². The van der Waals surface area contributed by atoms with Gasteiger partial charge in [-0.3, -0.25) is 14.4 Å². The Bertz CT molecular complexity index is 1370. The van der Waals surface area contributed by atoms with Crippen molar-refractivity contribution in [3.63, 3.8) is 0 Å². The third-order valence-corrected chi connectivity index (χ3v) is 5.20. The number of halogens is 1. The zero-order valence-corrected chi connectivity index (χ0v) is 20.9. The summed E-state index contributed by atoms with van der Waals surface area (Å²) in [7, 11) is 1.41.